The fraction of sp³-hybridized carbons (Fsp3) is 0.660. The molecule has 0 N–H and O–H groups in total. The number of halogens is 1. The van der Waals surface area contributed by atoms with Gasteiger partial charge in [0.1, 0.15) is 11.9 Å². The Hall–Kier alpha value is -1.53. The Morgan fingerprint density at radius 1 is 0.633 bits per heavy atom. The summed E-state index contributed by atoms with van der Waals surface area (Å²) >= 11 is 6.70. The number of carbonyl (C=O) groups excluding carboxylic acids is 2. The minimum atomic E-state index is -0.380. The molecular formula is C50H76ClLiN4O2P2. The maximum atomic E-state index is 12.7. The molecule has 2 aromatic heterocycles. The van der Waals surface area contributed by atoms with Gasteiger partial charge in [-0.2, -0.15) is 6.42 Å². The topological polar surface area (TPSA) is 69.8 Å². The summed E-state index contributed by atoms with van der Waals surface area (Å²) in [6.45, 7) is 17.3. The Morgan fingerprint density at radius 2 is 1.02 bits per heavy atom. The zero-order chi connectivity index (χ0) is 42.5. The van der Waals surface area contributed by atoms with Crippen molar-refractivity contribution in [2.45, 2.75) is 212 Å². The van der Waals surface area contributed by atoms with Gasteiger partial charge in [0.25, 0.3) is 0 Å². The molecule has 0 amide bonds. The second-order valence-electron chi connectivity index (χ2n) is 18.0. The van der Waals surface area contributed by atoms with Crippen molar-refractivity contribution in [3.8, 4) is 0 Å². The number of rotatable bonds is 6. The molecule has 60 heavy (non-hydrogen) atoms. The van der Waals surface area contributed by atoms with E-state index in [9.17, 15) is 9.59 Å². The molecule has 4 aliphatic rings. The molecule has 4 aromatic rings. The fourth-order valence-corrected chi connectivity index (χ4v) is 16.9. The van der Waals surface area contributed by atoms with Crippen LogP contribution < -0.4 is 24.4 Å². The van der Waals surface area contributed by atoms with Crippen LogP contribution in [0.25, 0.3) is 22.1 Å². The zero-order valence-electron chi connectivity index (χ0n) is 38.8. The zero-order valence-corrected chi connectivity index (χ0v) is 41.4. The molecule has 0 atom stereocenters. The van der Waals surface area contributed by atoms with Gasteiger partial charge in [-0.05, 0) is 163 Å². The van der Waals surface area contributed by atoms with E-state index in [1.54, 1.807) is 17.8 Å². The van der Waals surface area contributed by atoms with Crippen LogP contribution in [-0.4, -0.2) is 53.6 Å². The van der Waals surface area contributed by atoms with Crippen LogP contribution in [0.1, 0.15) is 194 Å². The van der Waals surface area contributed by atoms with Crippen molar-refractivity contribution in [1.29, 1.82) is 0 Å². The van der Waals surface area contributed by atoms with Gasteiger partial charge in [-0.15, -0.1) is 0 Å². The molecule has 2 heterocycles. The molecule has 326 valence electrons. The molecule has 0 unspecified atom stereocenters. The second-order valence-corrected chi connectivity index (χ2v) is 24.0. The van der Waals surface area contributed by atoms with Crippen LogP contribution in [-0.2, 0) is 0 Å². The summed E-state index contributed by atoms with van der Waals surface area (Å²) in [5.41, 5.74) is 13.2. The van der Waals surface area contributed by atoms with Crippen LogP contribution in [0.2, 0.25) is 0 Å². The van der Waals surface area contributed by atoms with Crippen LogP contribution >= 0.6 is 26.4 Å². The maximum Gasteiger partial charge on any atom is 1.00 e. The fourth-order valence-electron chi connectivity index (χ4n) is 9.62. The second kappa shape index (κ2) is 25.7. The number of imidazole rings is 2. The smallest absolute Gasteiger partial charge is 0.343 e. The van der Waals surface area contributed by atoms with Crippen molar-refractivity contribution >= 4 is 65.9 Å². The van der Waals surface area contributed by atoms with E-state index in [2.05, 4.69) is 44.8 Å². The van der Waals surface area contributed by atoms with Crippen LogP contribution in [0, 0.1) is 34.6 Å². The summed E-state index contributed by atoms with van der Waals surface area (Å²) in [5.74, 6) is 0.130. The van der Waals surface area contributed by atoms with Crippen LogP contribution in [0.5, 0.6) is 0 Å². The maximum absolute atomic E-state index is 12.7. The molecule has 8 rings (SSSR count). The van der Waals surface area contributed by atoms with Gasteiger partial charge in [0.05, 0.1) is 22.1 Å². The Kier molecular flexibility index (Phi) is 21.9. The minimum absolute atomic E-state index is 0. The number of aryl methyl sites for hydroxylation is 4. The predicted octanol–water partition coefficient (Wildman–Crippen LogP) is 12.3. The molecule has 0 bridgehead atoms. The van der Waals surface area contributed by atoms with E-state index in [4.69, 9.17) is 16.2 Å². The molecule has 4 fully saturated rings. The molecule has 0 aliphatic heterocycles. The average molecular weight is 870 g/mol. The molecule has 4 saturated carbocycles. The molecule has 0 spiro atoms. The number of aromatic nitrogens is 4. The van der Waals surface area contributed by atoms with E-state index >= 15 is 0 Å². The van der Waals surface area contributed by atoms with Gasteiger partial charge in [0.2, 0.25) is 11.8 Å². The number of unbranched alkanes of at least 4 members (excludes halogenated alkanes) is 1. The standard InChI is InChI=1S/C23H33N2OP.C12H22ClP.C11H12N2O.C4H9.Li/c1-16-14-21-22(15-17(16)2)25(18(3)26)23(24-21)27(19-10-6-4-7-11-19)20-12-8-5-9-13-20;13-14(11-7-3-1-4-8-11)12-9-5-2-6-10-12;1-7-4-10-11(5-8(7)2)13(6-12-10)9(3)14;1-3-4-2;/h14-15,19-20H,4-13H2,1-3H3;11-12H,1-10H2;4-6H,1-3H3;1,3-4H2,2H3;/q;;;-1;+1. The number of fused-ring (bicyclic) bond motifs is 2. The molecule has 0 radical (unpaired) electrons. The van der Waals surface area contributed by atoms with Gasteiger partial charge < -0.3 is 6.92 Å². The largest absolute Gasteiger partial charge is 1.00 e. The molecular weight excluding hydrogens is 793 g/mol. The monoisotopic (exact) mass is 869 g/mol. The van der Waals surface area contributed by atoms with Crippen LogP contribution in [0.3, 0.4) is 0 Å². The Labute approximate surface area is 383 Å². The van der Waals surface area contributed by atoms with Gasteiger partial charge in [0.15, 0.2) is 0 Å². The van der Waals surface area contributed by atoms with E-state index in [1.807, 2.05) is 30.5 Å². The van der Waals surface area contributed by atoms with Gasteiger partial charge in [-0.1, -0.05) is 102 Å². The number of carbonyl (C=O) groups is 2. The molecule has 4 aliphatic carbocycles. The van der Waals surface area contributed by atoms with Gasteiger partial charge >= 0.3 is 18.9 Å². The quantitative estimate of drug-likeness (QED) is 0.110. The summed E-state index contributed by atoms with van der Waals surface area (Å²) in [7, 11) is -0.525. The number of nitrogens with zero attached hydrogens (tertiary/aromatic N) is 4. The van der Waals surface area contributed by atoms with Crippen LogP contribution in [0.4, 0.5) is 0 Å². The molecule has 2 aromatic carbocycles. The van der Waals surface area contributed by atoms with Crippen LogP contribution in [0.15, 0.2) is 30.6 Å². The molecule has 6 nitrogen and oxygen atoms in total. The summed E-state index contributed by atoms with van der Waals surface area (Å²) in [6.07, 6.45) is 31.8. The summed E-state index contributed by atoms with van der Waals surface area (Å²) in [6, 6.07) is 8.36. The Balaban J connectivity index is 0.000000203. The first-order valence-electron chi connectivity index (χ1n) is 23.4. The number of hydrogen-bond donors (Lipinski definition) is 0. The van der Waals surface area contributed by atoms with Crippen molar-refractivity contribution in [2.75, 3.05) is 0 Å². The SMILES string of the molecule is CC(=O)n1c(P(C2CCCCC2)C2CCCCC2)nc2cc(C)c(C)cc21.CC(=O)n1cnc2cc(C)c(C)cc21.ClP(C1CCCCC1)C1CCCCC1.[CH2-]CCC.[Li+]. The van der Waals surface area contributed by atoms with E-state index in [1.165, 1.54) is 164 Å². The first kappa shape index (κ1) is 51.1. The normalized spacial score (nSPS) is 18.2. The van der Waals surface area contributed by atoms with Gasteiger partial charge in [-0.25, -0.2) is 9.97 Å². The summed E-state index contributed by atoms with van der Waals surface area (Å²) in [5, 5.41) is 0. The van der Waals surface area contributed by atoms with Crippen molar-refractivity contribution in [1.82, 2.24) is 19.1 Å². The van der Waals surface area contributed by atoms with Crippen molar-refractivity contribution in [3.63, 3.8) is 0 Å². The van der Waals surface area contributed by atoms with Gasteiger partial charge in [0, 0.05) is 13.8 Å². The van der Waals surface area contributed by atoms with E-state index in [0.717, 1.165) is 56.7 Å². The Bertz CT molecular complexity index is 1900. The Morgan fingerprint density at radius 3 is 1.42 bits per heavy atom. The summed E-state index contributed by atoms with van der Waals surface area (Å²) < 4.78 is 3.57. The van der Waals surface area contributed by atoms with E-state index < -0.39 is 0 Å². The first-order valence-corrected chi connectivity index (χ1v) is 27.3. The molecule has 0 saturated heterocycles. The third-order valence-corrected chi connectivity index (χ3v) is 20.9. The van der Waals surface area contributed by atoms with E-state index in [-0.39, 0.29) is 45.9 Å². The predicted molar refractivity (Wildman–Crippen MR) is 258 cm³/mol. The van der Waals surface area contributed by atoms with E-state index in [0.29, 0.717) is 0 Å². The third kappa shape index (κ3) is 13.7. The van der Waals surface area contributed by atoms with Gasteiger partial charge in [-0.3, -0.25) is 18.7 Å². The van der Waals surface area contributed by atoms with Crippen molar-refractivity contribution in [2.24, 2.45) is 0 Å². The number of benzene rings is 2. The van der Waals surface area contributed by atoms with Crippen molar-refractivity contribution in [3.05, 3.63) is 59.8 Å². The molecule has 10 heteroatoms. The third-order valence-electron chi connectivity index (χ3n) is 13.4. The average Bonchev–Trinajstić information content (AvgIpc) is 3.83. The number of hydrogen-bond acceptors (Lipinski definition) is 4. The minimum Gasteiger partial charge on any atom is -0.343 e. The first-order chi connectivity index (χ1) is 28.4. The van der Waals surface area contributed by atoms with Crippen molar-refractivity contribution < 1.29 is 28.4 Å². The summed E-state index contributed by atoms with van der Waals surface area (Å²) in [4.78, 5) is 33.3.